The Hall–Kier alpha value is -1.10. The Kier molecular flexibility index (Phi) is 6.50. The van der Waals surface area contributed by atoms with Crippen molar-refractivity contribution in [3.8, 4) is 0 Å². The van der Waals surface area contributed by atoms with E-state index in [4.69, 9.17) is 4.74 Å². The van der Waals surface area contributed by atoms with Crippen LogP contribution in [0.25, 0.3) is 0 Å². The molecule has 1 saturated carbocycles. The van der Waals surface area contributed by atoms with E-state index in [0.29, 0.717) is 12.3 Å². The maximum Gasteiger partial charge on any atom is 0.419 e. The lowest BCUT2D eigenvalue weighted by atomic mass is 9.75. The molecule has 0 bridgehead atoms. The maximum atomic E-state index is 14.2. The summed E-state index contributed by atoms with van der Waals surface area (Å²) in [6, 6.07) is 2.88. The van der Waals surface area contributed by atoms with Crippen LogP contribution in [-0.2, 0) is 10.9 Å². The Morgan fingerprint density at radius 1 is 1.04 bits per heavy atom. The summed E-state index contributed by atoms with van der Waals surface area (Å²) in [5.41, 5.74) is -1.02. The predicted octanol–water partition coefficient (Wildman–Crippen LogP) is 7.02. The highest BCUT2D eigenvalue weighted by atomic mass is 19.4. The van der Waals surface area contributed by atoms with Crippen LogP contribution in [0.2, 0.25) is 0 Å². The van der Waals surface area contributed by atoms with E-state index in [1.165, 1.54) is 44.7 Å². The van der Waals surface area contributed by atoms with Crippen LogP contribution in [0.5, 0.6) is 0 Å². The topological polar surface area (TPSA) is 9.23 Å². The first kappa shape index (κ1) is 20.6. The molecule has 5 heteroatoms. The first-order valence-electron chi connectivity index (χ1n) is 10.3. The number of hydrogen-bond acceptors (Lipinski definition) is 1. The normalized spacial score (nSPS) is 29.7. The SMILES string of the molecule is CCCC1CCC(C2CCC(c3ccc(C)c(F)c3C(F)(F)F)CO2)CC1. The summed E-state index contributed by atoms with van der Waals surface area (Å²) in [5, 5.41) is 0. The van der Waals surface area contributed by atoms with E-state index in [1.54, 1.807) is 0 Å². The molecule has 2 aliphatic rings. The standard InChI is InChI=1S/C22H30F4O/c1-3-4-15-6-8-16(9-7-15)19-12-10-17(13-27-19)18-11-5-14(2)21(23)20(18)22(24,25)26/h5,11,15-17,19H,3-4,6-10,12-13H2,1-2H3. The van der Waals surface area contributed by atoms with Gasteiger partial charge in [-0.25, -0.2) is 4.39 Å². The number of aryl methyl sites for hydroxylation is 1. The number of benzene rings is 1. The van der Waals surface area contributed by atoms with Crippen molar-refractivity contribution < 1.29 is 22.3 Å². The second kappa shape index (κ2) is 8.50. The fourth-order valence-corrected chi connectivity index (χ4v) is 4.97. The fourth-order valence-electron chi connectivity index (χ4n) is 4.97. The number of hydrogen-bond donors (Lipinski definition) is 0. The molecule has 152 valence electrons. The second-order valence-corrected chi connectivity index (χ2v) is 8.37. The highest BCUT2D eigenvalue weighted by molar-refractivity contribution is 5.38. The summed E-state index contributed by atoms with van der Waals surface area (Å²) < 4.78 is 60.5. The zero-order valence-electron chi connectivity index (χ0n) is 16.2. The lowest BCUT2D eigenvalue weighted by Gasteiger charge is -2.38. The van der Waals surface area contributed by atoms with Gasteiger partial charge in [-0.1, -0.05) is 44.7 Å². The van der Waals surface area contributed by atoms with Crippen molar-refractivity contribution in [2.24, 2.45) is 11.8 Å². The zero-order chi connectivity index (χ0) is 19.6. The molecule has 1 heterocycles. The minimum Gasteiger partial charge on any atom is -0.377 e. The quantitative estimate of drug-likeness (QED) is 0.505. The Morgan fingerprint density at radius 2 is 1.74 bits per heavy atom. The average Bonchev–Trinajstić information content (AvgIpc) is 2.64. The van der Waals surface area contributed by atoms with Gasteiger partial charge in [0.1, 0.15) is 5.82 Å². The summed E-state index contributed by atoms with van der Waals surface area (Å²) >= 11 is 0. The number of ether oxygens (including phenoxy) is 1. The van der Waals surface area contributed by atoms with Crippen LogP contribution in [0.4, 0.5) is 17.6 Å². The Bertz CT molecular complexity index is 624. The van der Waals surface area contributed by atoms with Gasteiger partial charge in [0.15, 0.2) is 0 Å². The minimum absolute atomic E-state index is 0.0320. The van der Waals surface area contributed by atoms with Crippen molar-refractivity contribution in [1.29, 1.82) is 0 Å². The van der Waals surface area contributed by atoms with E-state index in [1.807, 2.05) is 0 Å². The molecule has 1 aromatic carbocycles. The maximum absolute atomic E-state index is 14.2. The van der Waals surface area contributed by atoms with Gasteiger partial charge in [-0.15, -0.1) is 0 Å². The molecule has 3 rings (SSSR count). The average molecular weight is 386 g/mol. The molecule has 1 saturated heterocycles. The molecule has 2 atom stereocenters. The first-order chi connectivity index (χ1) is 12.8. The van der Waals surface area contributed by atoms with Crippen molar-refractivity contribution in [2.75, 3.05) is 6.61 Å². The molecule has 1 aromatic rings. The summed E-state index contributed by atoms with van der Waals surface area (Å²) in [6.07, 6.45) is 4.18. The zero-order valence-corrected chi connectivity index (χ0v) is 16.2. The molecule has 0 amide bonds. The van der Waals surface area contributed by atoms with E-state index in [2.05, 4.69) is 6.92 Å². The Labute approximate surface area is 159 Å². The molecule has 0 spiro atoms. The third-order valence-electron chi connectivity index (χ3n) is 6.52. The third-order valence-corrected chi connectivity index (χ3v) is 6.52. The van der Waals surface area contributed by atoms with Gasteiger partial charge in [-0.05, 0) is 55.6 Å². The number of halogens is 4. The van der Waals surface area contributed by atoms with Gasteiger partial charge < -0.3 is 4.74 Å². The molecule has 1 aliphatic heterocycles. The van der Waals surface area contributed by atoms with E-state index >= 15 is 0 Å². The molecule has 2 unspecified atom stereocenters. The van der Waals surface area contributed by atoms with Crippen molar-refractivity contribution in [3.63, 3.8) is 0 Å². The summed E-state index contributed by atoms with van der Waals surface area (Å²) in [4.78, 5) is 0. The van der Waals surface area contributed by atoms with E-state index < -0.39 is 17.6 Å². The molecular weight excluding hydrogens is 356 g/mol. The van der Waals surface area contributed by atoms with Crippen LogP contribution in [0, 0.1) is 24.6 Å². The van der Waals surface area contributed by atoms with Gasteiger partial charge in [0, 0.05) is 5.92 Å². The van der Waals surface area contributed by atoms with Gasteiger partial charge in [-0.2, -0.15) is 13.2 Å². The molecule has 2 fully saturated rings. The Balaban J connectivity index is 1.64. The van der Waals surface area contributed by atoms with Crippen LogP contribution in [0.3, 0.4) is 0 Å². The lowest BCUT2D eigenvalue weighted by molar-refractivity contribution is -0.141. The van der Waals surface area contributed by atoms with Gasteiger partial charge in [0.2, 0.25) is 0 Å². The highest BCUT2D eigenvalue weighted by Gasteiger charge is 2.40. The third kappa shape index (κ3) is 4.67. The highest BCUT2D eigenvalue weighted by Crippen LogP contribution is 2.43. The van der Waals surface area contributed by atoms with Gasteiger partial charge in [0.05, 0.1) is 18.3 Å². The largest absolute Gasteiger partial charge is 0.419 e. The number of alkyl halides is 3. The van der Waals surface area contributed by atoms with Crippen LogP contribution < -0.4 is 0 Å². The lowest BCUT2D eigenvalue weighted by Crippen LogP contribution is -2.34. The van der Waals surface area contributed by atoms with Crippen molar-refractivity contribution in [1.82, 2.24) is 0 Å². The Morgan fingerprint density at radius 3 is 2.30 bits per heavy atom. The van der Waals surface area contributed by atoms with Crippen LogP contribution in [-0.4, -0.2) is 12.7 Å². The second-order valence-electron chi connectivity index (χ2n) is 8.37. The van der Waals surface area contributed by atoms with Gasteiger partial charge in [-0.3, -0.25) is 0 Å². The van der Waals surface area contributed by atoms with Gasteiger partial charge >= 0.3 is 6.18 Å². The van der Waals surface area contributed by atoms with Crippen LogP contribution in [0.15, 0.2) is 12.1 Å². The smallest absolute Gasteiger partial charge is 0.377 e. The summed E-state index contributed by atoms with van der Waals surface area (Å²) in [5.74, 6) is -0.177. The fraction of sp³-hybridized carbons (Fsp3) is 0.727. The molecule has 27 heavy (non-hydrogen) atoms. The summed E-state index contributed by atoms with van der Waals surface area (Å²) in [6.45, 7) is 3.85. The molecule has 0 radical (unpaired) electrons. The molecule has 0 aromatic heterocycles. The molecule has 1 aliphatic carbocycles. The van der Waals surface area contributed by atoms with Crippen LogP contribution in [0.1, 0.15) is 80.9 Å². The molecule has 1 nitrogen and oxygen atoms in total. The minimum atomic E-state index is -4.68. The summed E-state index contributed by atoms with van der Waals surface area (Å²) in [7, 11) is 0. The van der Waals surface area contributed by atoms with Crippen LogP contribution >= 0.6 is 0 Å². The number of rotatable bonds is 4. The van der Waals surface area contributed by atoms with Crippen molar-refractivity contribution in [2.45, 2.75) is 83.4 Å². The first-order valence-corrected chi connectivity index (χ1v) is 10.3. The van der Waals surface area contributed by atoms with E-state index in [9.17, 15) is 17.6 Å². The van der Waals surface area contributed by atoms with Gasteiger partial charge in [0.25, 0.3) is 0 Å². The monoisotopic (exact) mass is 386 g/mol. The van der Waals surface area contributed by atoms with E-state index in [0.717, 1.165) is 25.2 Å². The van der Waals surface area contributed by atoms with Crippen molar-refractivity contribution >= 4 is 0 Å². The molecular formula is C22H30F4O. The van der Waals surface area contributed by atoms with Crippen molar-refractivity contribution in [3.05, 3.63) is 34.6 Å². The predicted molar refractivity (Wildman–Crippen MR) is 98.2 cm³/mol. The van der Waals surface area contributed by atoms with E-state index in [-0.39, 0.29) is 29.8 Å². The molecule has 0 N–H and O–H groups in total.